The Balaban J connectivity index is 1.71. The minimum atomic E-state index is 0.522. The zero-order valence-electron chi connectivity index (χ0n) is 14.9. The van der Waals surface area contributed by atoms with Gasteiger partial charge in [0.2, 0.25) is 5.89 Å². The molecule has 7 nitrogen and oxygen atoms in total. The Morgan fingerprint density at radius 1 is 1.04 bits per heavy atom. The van der Waals surface area contributed by atoms with Crippen molar-refractivity contribution in [1.29, 1.82) is 0 Å². The standard InChI is InChI=1S/C19H17N5O2S/c1-13-20-17(26-23-13)12-27-19-22-21-18(14-8-10-16(25-2)11-9-14)24(19)15-6-4-3-5-7-15/h3-11H,12H2,1-2H3. The van der Waals surface area contributed by atoms with Gasteiger partial charge in [-0.25, -0.2) is 0 Å². The maximum Gasteiger partial charge on any atom is 0.237 e. The van der Waals surface area contributed by atoms with E-state index in [0.717, 1.165) is 28.0 Å². The molecular formula is C19H17N5O2S. The second-order valence-corrected chi connectivity index (χ2v) is 6.67. The smallest absolute Gasteiger partial charge is 0.237 e. The van der Waals surface area contributed by atoms with Crippen molar-refractivity contribution >= 4 is 11.8 Å². The fraction of sp³-hybridized carbons (Fsp3) is 0.158. The maximum absolute atomic E-state index is 5.24. The van der Waals surface area contributed by atoms with Crippen molar-refractivity contribution in [2.45, 2.75) is 17.8 Å². The van der Waals surface area contributed by atoms with Crippen LogP contribution < -0.4 is 4.74 Å². The van der Waals surface area contributed by atoms with Crippen LogP contribution in [-0.4, -0.2) is 32.0 Å². The van der Waals surface area contributed by atoms with Gasteiger partial charge in [-0.2, -0.15) is 4.98 Å². The number of ether oxygens (including phenoxy) is 1. The molecule has 0 spiro atoms. The summed E-state index contributed by atoms with van der Waals surface area (Å²) >= 11 is 1.50. The molecule has 0 bridgehead atoms. The molecule has 0 saturated heterocycles. The van der Waals surface area contributed by atoms with E-state index in [-0.39, 0.29) is 0 Å². The van der Waals surface area contributed by atoms with Gasteiger partial charge in [0, 0.05) is 11.3 Å². The van der Waals surface area contributed by atoms with E-state index in [1.807, 2.05) is 59.2 Å². The second-order valence-electron chi connectivity index (χ2n) is 5.73. The van der Waals surface area contributed by atoms with Crippen LogP contribution in [0.15, 0.2) is 64.3 Å². The van der Waals surface area contributed by atoms with Gasteiger partial charge in [-0.3, -0.25) is 4.57 Å². The third kappa shape index (κ3) is 3.70. The predicted octanol–water partition coefficient (Wildman–Crippen LogP) is 3.93. The number of benzene rings is 2. The molecule has 0 amide bonds. The van der Waals surface area contributed by atoms with Crippen molar-refractivity contribution in [1.82, 2.24) is 24.9 Å². The van der Waals surface area contributed by atoms with Gasteiger partial charge in [0.25, 0.3) is 0 Å². The summed E-state index contributed by atoms with van der Waals surface area (Å²) in [5.74, 6) is 3.26. The number of para-hydroxylation sites is 1. The molecule has 8 heteroatoms. The van der Waals surface area contributed by atoms with E-state index >= 15 is 0 Å². The molecule has 4 aromatic rings. The summed E-state index contributed by atoms with van der Waals surface area (Å²) in [7, 11) is 1.65. The van der Waals surface area contributed by atoms with Gasteiger partial charge in [0.05, 0.1) is 12.9 Å². The highest BCUT2D eigenvalue weighted by atomic mass is 32.2. The van der Waals surface area contributed by atoms with Gasteiger partial charge < -0.3 is 9.26 Å². The minimum Gasteiger partial charge on any atom is -0.497 e. The number of rotatable bonds is 6. The van der Waals surface area contributed by atoms with E-state index < -0.39 is 0 Å². The lowest BCUT2D eigenvalue weighted by Gasteiger charge is -2.10. The lowest BCUT2D eigenvalue weighted by Crippen LogP contribution is -1.99. The van der Waals surface area contributed by atoms with Crippen LogP contribution in [0.25, 0.3) is 17.1 Å². The Hall–Kier alpha value is -3.13. The molecule has 27 heavy (non-hydrogen) atoms. The minimum absolute atomic E-state index is 0.522. The van der Waals surface area contributed by atoms with Gasteiger partial charge in [-0.15, -0.1) is 10.2 Å². The van der Waals surface area contributed by atoms with Gasteiger partial charge in [0.1, 0.15) is 5.75 Å². The molecule has 0 aliphatic carbocycles. The predicted molar refractivity (Wildman–Crippen MR) is 102 cm³/mol. The van der Waals surface area contributed by atoms with Crippen LogP contribution in [0.1, 0.15) is 11.7 Å². The summed E-state index contributed by atoms with van der Waals surface area (Å²) in [4.78, 5) is 4.24. The second kappa shape index (κ2) is 7.63. The largest absolute Gasteiger partial charge is 0.497 e. The number of aromatic nitrogens is 5. The molecular weight excluding hydrogens is 362 g/mol. The first-order valence-corrected chi connectivity index (χ1v) is 9.30. The molecule has 0 aliphatic rings. The summed E-state index contributed by atoms with van der Waals surface area (Å²) in [5, 5.41) is 13.4. The first-order chi connectivity index (χ1) is 13.2. The molecule has 0 aliphatic heterocycles. The summed E-state index contributed by atoms with van der Waals surface area (Å²) in [6.07, 6.45) is 0. The highest BCUT2D eigenvalue weighted by Crippen LogP contribution is 2.30. The van der Waals surface area contributed by atoms with Crippen LogP contribution in [0.3, 0.4) is 0 Å². The van der Waals surface area contributed by atoms with Crippen LogP contribution in [0.5, 0.6) is 5.75 Å². The molecule has 0 fully saturated rings. The van der Waals surface area contributed by atoms with E-state index in [9.17, 15) is 0 Å². The van der Waals surface area contributed by atoms with Crippen molar-refractivity contribution in [2.75, 3.05) is 7.11 Å². The fourth-order valence-corrected chi connectivity index (χ4v) is 3.41. The maximum atomic E-state index is 5.24. The zero-order chi connectivity index (χ0) is 18.6. The number of nitrogens with zero attached hydrogens (tertiary/aromatic N) is 5. The fourth-order valence-electron chi connectivity index (χ4n) is 2.63. The Bertz CT molecular complexity index is 1030. The van der Waals surface area contributed by atoms with Crippen molar-refractivity contribution in [3.8, 4) is 22.8 Å². The number of thioether (sulfide) groups is 1. The molecule has 0 saturated carbocycles. The topological polar surface area (TPSA) is 78.9 Å². The first-order valence-electron chi connectivity index (χ1n) is 8.32. The Morgan fingerprint density at radius 3 is 2.48 bits per heavy atom. The molecule has 2 aromatic carbocycles. The quantitative estimate of drug-likeness (QED) is 0.470. The van der Waals surface area contributed by atoms with Gasteiger partial charge in [-0.1, -0.05) is 35.1 Å². The molecule has 2 aromatic heterocycles. The molecule has 0 unspecified atom stereocenters. The van der Waals surface area contributed by atoms with Crippen LogP contribution in [0.4, 0.5) is 0 Å². The molecule has 136 valence electrons. The van der Waals surface area contributed by atoms with E-state index in [4.69, 9.17) is 9.26 Å². The van der Waals surface area contributed by atoms with Crippen LogP contribution in [0.2, 0.25) is 0 Å². The average Bonchev–Trinajstić information content (AvgIpc) is 3.33. The van der Waals surface area contributed by atoms with Gasteiger partial charge in [-0.05, 0) is 43.3 Å². The van der Waals surface area contributed by atoms with Crippen molar-refractivity contribution < 1.29 is 9.26 Å². The molecule has 0 N–H and O–H groups in total. The summed E-state index contributed by atoms with van der Waals surface area (Å²) in [6.45, 7) is 1.80. The summed E-state index contributed by atoms with van der Waals surface area (Å²) in [6, 6.07) is 17.8. The monoisotopic (exact) mass is 379 g/mol. The first kappa shape index (κ1) is 17.3. The molecule has 4 rings (SSSR count). The van der Waals surface area contributed by atoms with Crippen LogP contribution >= 0.6 is 11.8 Å². The highest BCUT2D eigenvalue weighted by Gasteiger charge is 2.17. The Morgan fingerprint density at radius 2 is 1.81 bits per heavy atom. The number of hydrogen-bond donors (Lipinski definition) is 0. The van der Waals surface area contributed by atoms with Crippen molar-refractivity contribution in [2.24, 2.45) is 0 Å². The summed E-state index contributed by atoms with van der Waals surface area (Å²) < 4.78 is 12.5. The van der Waals surface area contributed by atoms with Gasteiger partial charge >= 0.3 is 0 Å². The van der Waals surface area contributed by atoms with Crippen molar-refractivity contribution in [3.63, 3.8) is 0 Å². The van der Waals surface area contributed by atoms with Gasteiger partial charge in [0.15, 0.2) is 16.8 Å². The molecule has 2 heterocycles. The van der Waals surface area contributed by atoms with Crippen LogP contribution in [-0.2, 0) is 5.75 Å². The Kier molecular flexibility index (Phi) is 4.88. The summed E-state index contributed by atoms with van der Waals surface area (Å²) in [5.41, 5.74) is 1.94. The van der Waals surface area contributed by atoms with E-state index in [2.05, 4.69) is 20.3 Å². The average molecular weight is 379 g/mol. The van der Waals surface area contributed by atoms with E-state index in [1.165, 1.54) is 11.8 Å². The number of hydrogen-bond acceptors (Lipinski definition) is 7. The lowest BCUT2D eigenvalue weighted by molar-refractivity contribution is 0.387. The van der Waals surface area contributed by atoms with Crippen molar-refractivity contribution in [3.05, 3.63) is 66.3 Å². The molecule has 0 radical (unpaired) electrons. The molecule has 0 atom stereocenters. The highest BCUT2D eigenvalue weighted by molar-refractivity contribution is 7.98. The SMILES string of the molecule is COc1ccc(-c2nnc(SCc3nc(C)no3)n2-c2ccccc2)cc1. The zero-order valence-corrected chi connectivity index (χ0v) is 15.7. The third-order valence-electron chi connectivity index (χ3n) is 3.89. The van der Waals surface area contributed by atoms with E-state index in [0.29, 0.717) is 17.5 Å². The normalized spacial score (nSPS) is 10.9. The number of methoxy groups -OCH3 is 1. The lowest BCUT2D eigenvalue weighted by atomic mass is 10.2. The Labute approximate surface area is 160 Å². The third-order valence-corrected chi connectivity index (χ3v) is 4.80. The van der Waals surface area contributed by atoms with E-state index in [1.54, 1.807) is 14.0 Å². The number of aryl methyl sites for hydroxylation is 1. The van der Waals surface area contributed by atoms with Crippen LogP contribution in [0, 0.1) is 6.92 Å².